The first-order valence-corrected chi connectivity index (χ1v) is 9.82. The van der Waals surface area contributed by atoms with Crippen LogP contribution in [0.3, 0.4) is 0 Å². The predicted molar refractivity (Wildman–Crippen MR) is 91.2 cm³/mol. The van der Waals surface area contributed by atoms with Crippen molar-refractivity contribution in [3.05, 3.63) is 29.8 Å². The Balaban J connectivity index is 1.49. The quantitative estimate of drug-likeness (QED) is 0.633. The zero-order valence-corrected chi connectivity index (χ0v) is 14.6. The molecule has 1 aromatic rings. The maximum Gasteiger partial charge on any atom is 0.360 e. The molecule has 0 spiro atoms. The summed E-state index contributed by atoms with van der Waals surface area (Å²) in [5.74, 6) is 1.62. The molecule has 22 heavy (non-hydrogen) atoms. The van der Waals surface area contributed by atoms with Gasteiger partial charge in [-0.3, -0.25) is 4.18 Å². The number of rotatable bonds is 9. The summed E-state index contributed by atoms with van der Waals surface area (Å²) in [7, 11) is 0. The van der Waals surface area contributed by atoms with Crippen molar-refractivity contribution in [1.29, 1.82) is 0 Å². The fourth-order valence-electron chi connectivity index (χ4n) is 2.08. The van der Waals surface area contributed by atoms with Crippen LogP contribution in [0.15, 0.2) is 24.3 Å². The van der Waals surface area contributed by atoms with Gasteiger partial charge in [0.25, 0.3) is 0 Å². The molecule has 0 bridgehead atoms. The van der Waals surface area contributed by atoms with Gasteiger partial charge in [0.2, 0.25) is 0 Å². The zero-order valence-electron chi connectivity index (χ0n) is 13.0. The third-order valence-electron chi connectivity index (χ3n) is 3.35. The molecule has 0 N–H and O–H groups in total. The third kappa shape index (κ3) is 7.13. The Hall–Kier alpha value is -0.560. The van der Waals surface area contributed by atoms with Crippen molar-refractivity contribution < 1.29 is 17.3 Å². The van der Waals surface area contributed by atoms with Crippen LogP contribution in [0.5, 0.6) is 5.75 Å². The van der Waals surface area contributed by atoms with Crippen molar-refractivity contribution in [1.82, 2.24) is 0 Å². The van der Waals surface area contributed by atoms with Crippen molar-refractivity contribution >= 4 is 23.1 Å². The van der Waals surface area contributed by atoms with Crippen LogP contribution in [0.1, 0.15) is 37.7 Å². The molecule has 1 heterocycles. The van der Waals surface area contributed by atoms with E-state index in [2.05, 4.69) is 0 Å². The number of benzene rings is 1. The van der Waals surface area contributed by atoms with Crippen LogP contribution < -0.4 is 4.18 Å². The summed E-state index contributed by atoms with van der Waals surface area (Å²) in [4.78, 5) is 0. The fraction of sp³-hybridized carbons (Fsp3) is 0.625. The minimum atomic E-state index is -1.72. The average Bonchev–Trinajstić information content (AvgIpc) is 2.54. The standard InChI is InChI=1S/C16H24O4S2/c1-14-7-9-15(10-8-14)20-22(17)19-12-4-5-13-21-16-6-2-3-11-18-16/h7-10,16H,2-6,11-13H2,1H3. The minimum absolute atomic E-state index is 0.369. The molecule has 2 rings (SSSR count). The third-order valence-corrected chi connectivity index (χ3v) is 5.30. The molecule has 1 aromatic carbocycles. The van der Waals surface area contributed by atoms with E-state index in [9.17, 15) is 4.21 Å². The van der Waals surface area contributed by atoms with Crippen molar-refractivity contribution in [2.24, 2.45) is 0 Å². The molecule has 124 valence electrons. The molecule has 0 aliphatic carbocycles. The number of ether oxygens (including phenoxy) is 1. The Labute approximate surface area is 139 Å². The maximum atomic E-state index is 11.6. The monoisotopic (exact) mass is 344 g/mol. The van der Waals surface area contributed by atoms with Gasteiger partial charge in [-0.05, 0) is 56.9 Å². The van der Waals surface area contributed by atoms with Gasteiger partial charge >= 0.3 is 11.4 Å². The second-order valence-corrected chi connectivity index (χ2v) is 7.37. The molecule has 1 aliphatic rings. The van der Waals surface area contributed by atoms with Crippen molar-refractivity contribution in [3.63, 3.8) is 0 Å². The summed E-state index contributed by atoms with van der Waals surface area (Å²) in [5, 5.41) is 0. The zero-order chi connectivity index (χ0) is 15.6. The van der Waals surface area contributed by atoms with Crippen LogP contribution in [-0.2, 0) is 20.3 Å². The van der Waals surface area contributed by atoms with Gasteiger partial charge in [-0.1, -0.05) is 17.7 Å². The van der Waals surface area contributed by atoms with Crippen molar-refractivity contribution in [2.75, 3.05) is 19.0 Å². The van der Waals surface area contributed by atoms with Crippen LogP contribution >= 0.6 is 11.8 Å². The van der Waals surface area contributed by atoms with E-state index in [4.69, 9.17) is 13.1 Å². The SMILES string of the molecule is Cc1ccc(OS(=O)OCCCCSC2CCCCO2)cc1. The minimum Gasteiger partial charge on any atom is -0.380 e. The Morgan fingerprint density at radius 3 is 2.82 bits per heavy atom. The first kappa shape index (κ1) is 17.8. The number of hydrogen-bond acceptors (Lipinski definition) is 5. The average molecular weight is 344 g/mol. The van der Waals surface area contributed by atoms with Crippen molar-refractivity contribution in [2.45, 2.75) is 44.5 Å². The topological polar surface area (TPSA) is 44.8 Å². The largest absolute Gasteiger partial charge is 0.380 e. The Kier molecular flexibility index (Phi) is 8.30. The summed E-state index contributed by atoms with van der Waals surface area (Å²) in [6.07, 6.45) is 5.54. The maximum absolute atomic E-state index is 11.6. The lowest BCUT2D eigenvalue weighted by Gasteiger charge is -2.21. The van der Waals surface area contributed by atoms with Crippen LogP contribution in [0.4, 0.5) is 0 Å². The summed E-state index contributed by atoms with van der Waals surface area (Å²) < 4.78 is 27.7. The number of thioether (sulfide) groups is 1. The number of aryl methyl sites for hydroxylation is 1. The van der Waals surface area contributed by atoms with Gasteiger partial charge in [0.1, 0.15) is 11.2 Å². The normalized spacial score (nSPS) is 19.8. The molecule has 0 aromatic heterocycles. The molecule has 4 nitrogen and oxygen atoms in total. The van der Waals surface area contributed by atoms with Gasteiger partial charge in [-0.25, -0.2) is 0 Å². The highest BCUT2D eigenvalue weighted by Crippen LogP contribution is 2.24. The highest BCUT2D eigenvalue weighted by molar-refractivity contribution is 7.99. The predicted octanol–water partition coefficient (Wildman–Crippen LogP) is 4.01. The molecule has 1 fully saturated rings. The van der Waals surface area contributed by atoms with Gasteiger partial charge in [0.15, 0.2) is 0 Å². The molecule has 2 unspecified atom stereocenters. The first-order chi connectivity index (χ1) is 10.7. The molecule has 1 aliphatic heterocycles. The smallest absolute Gasteiger partial charge is 0.360 e. The summed E-state index contributed by atoms with van der Waals surface area (Å²) >= 11 is 0.156. The number of hydrogen-bond donors (Lipinski definition) is 0. The molecule has 2 atom stereocenters. The van der Waals surface area contributed by atoms with Crippen LogP contribution in [0, 0.1) is 6.92 Å². The lowest BCUT2D eigenvalue weighted by atomic mass is 10.2. The van der Waals surface area contributed by atoms with Crippen LogP contribution in [0.2, 0.25) is 0 Å². The fourth-order valence-corrected chi connectivity index (χ4v) is 3.81. The van der Waals surface area contributed by atoms with Gasteiger partial charge in [0.05, 0.1) is 6.61 Å². The lowest BCUT2D eigenvalue weighted by Crippen LogP contribution is -2.15. The van der Waals surface area contributed by atoms with Crippen molar-refractivity contribution in [3.8, 4) is 5.75 Å². The molecule has 0 amide bonds. The van der Waals surface area contributed by atoms with Gasteiger partial charge in [0, 0.05) is 6.61 Å². The molecule has 6 heteroatoms. The van der Waals surface area contributed by atoms with E-state index in [1.54, 1.807) is 12.1 Å². The van der Waals surface area contributed by atoms with Gasteiger partial charge in [-0.2, -0.15) is 4.21 Å². The Bertz CT molecular complexity index is 444. The second kappa shape index (κ2) is 10.3. The van der Waals surface area contributed by atoms with E-state index in [-0.39, 0.29) is 0 Å². The summed E-state index contributed by atoms with van der Waals surface area (Å²) in [6, 6.07) is 7.41. The van der Waals surface area contributed by atoms with E-state index in [0.29, 0.717) is 17.8 Å². The molecule has 0 radical (unpaired) electrons. The van der Waals surface area contributed by atoms with E-state index >= 15 is 0 Å². The second-order valence-electron chi connectivity index (χ2n) is 5.30. The van der Waals surface area contributed by atoms with Crippen LogP contribution in [0.25, 0.3) is 0 Å². The van der Waals surface area contributed by atoms with Gasteiger partial charge in [-0.15, -0.1) is 11.8 Å². The lowest BCUT2D eigenvalue weighted by molar-refractivity contribution is 0.0728. The molecular formula is C16H24O4S2. The summed E-state index contributed by atoms with van der Waals surface area (Å²) in [6.45, 7) is 3.34. The Morgan fingerprint density at radius 1 is 1.27 bits per heavy atom. The Morgan fingerprint density at radius 2 is 2.09 bits per heavy atom. The molecular weight excluding hydrogens is 320 g/mol. The van der Waals surface area contributed by atoms with Gasteiger partial charge < -0.3 is 8.92 Å². The van der Waals surface area contributed by atoms with Crippen LogP contribution in [-0.4, -0.2) is 28.6 Å². The summed E-state index contributed by atoms with van der Waals surface area (Å²) in [5.41, 5.74) is 1.51. The first-order valence-electron chi connectivity index (χ1n) is 7.77. The van der Waals surface area contributed by atoms with E-state index in [1.165, 1.54) is 12.8 Å². The number of unbranched alkanes of at least 4 members (excludes halogenated alkanes) is 1. The van der Waals surface area contributed by atoms with E-state index in [0.717, 1.165) is 37.2 Å². The molecule has 0 saturated carbocycles. The highest BCUT2D eigenvalue weighted by atomic mass is 32.2. The van der Waals surface area contributed by atoms with E-state index in [1.807, 2.05) is 30.8 Å². The highest BCUT2D eigenvalue weighted by Gasteiger charge is 2.13. The van der Waals surface area contributed by atoms with E-state index < -0.39 is 11.4 Å². The molecule has 1 saturated heterocycles.